The molecule has 1 N–H and O–H groups in total. The van der Waals surface area contributed by atoms with Gasteiger partial charge < -0.3 is 21.1 Å². The van der Waals surface area contributed by atoms with E-state index in [1.54, 1.807) is 12.1 Å². The van der Waals surface area contributed by atoms with Crippen molar-refractivity contribution in [3.63, 3.8) is 0 Å². The van der Waals surface area contributed by atoms with Crippen LogP contribution in [0.15, 0.2) is 155 Å². The summed E-state index contributed by atoms with van der Waals surface area (Å²) in [6.45, 7) is -0.181. The molecule has 10 heteroatoms. The number of carbonyl (C=O) groups is 1. The zero-order valence-electron chi connectivity index (χ0n) is 26.7. The van der Waals surface area contributed by atoms with Crippen LogP contribution in [0.4, 0.5) is 4.39 Å². The van der Waals surface area contributed by atoms with Gasteiger partial charge in [0.05, 0.1) is 11.0 Å². The van der Waals surface area contributed by atoms with Crippen molar-refractivity contribution in [3.05, 3.63) is 160 Å². The van der Waals surface area contributed by atoms with Gasteiger partial charge in [-0.3, -0.25) is 4.79 Å². The minimum atomic E-state index is -0.209. The molecular formula is C37H27Br2FK2N2O3. The number of hydrogen-bond acceptors (Lipinski definition) is 3. The van der Waals surface area contributed by atoms with Gasteiger partial charge in [-0.2, -0.15) is 0 Å². The Morgan fingerprint density at radius 3 is 1.47 bits per heavy atom. The summed E-state index contributed by atoms with van der Waals surface area (Å²) >= 11 is 6.68. The zero-order chi connectivity index (χ0) is 31.6. The molecule has 0 aliphatic heterocycles. The first-order valence-electron chi connectivity index (χ1n) is 13.8. The average molecular weight is 805 g/mol. The fourth-order valence-corrected chi connectivity index (χ4v) is 5.83. The Labute approximate surface area is 375 Å². The summed E-state index contributed by atoms with van der Waals surface area (Å²) in [5.41, 5.74) is 6.09. The fraction of sp³-hybridized carbons (Fsp3) is 0. The van der Waals surface area contributed by atoms with Gasteiger partial charge in [0.15, 0.2) is 0 Å². The molecule has 6 aromatic carbocycles. The van der Waals surface area contributed by atoms with Gasteiger partial charge in [0, 0.05) is 47.2 Å². The number of benzene rings is 6. The number of fused-ring (bicyclic) bond motifs is 6. The molecule has 226 valence electrons. The molecule has 0 unspecified atom stereocenters. The third kappa shape index (κ3) is 10.5. The molecule has 0 aliphatic carbocycles. The molecule has 0 saturated heterocycles. The van der Waals surface area contributed by atoms with Crippen LogP contribution in [0.2, 0.25) is 0 Å². The van der Waals surface area contributed by atoms with E-state index in [9.17, 15) is 4.39 Å². The first kappa shape index (κ1) is 39.9. The van der Waals surface area contributed by atoms with Crippen molar-refractivity contribution in [1.29, 1.82) is 0 Å². The molecule has 0 aliphatic rings. The van der Waals surface area contributed by atoms with Gasteiger partial charge in [0.1, 0.15) is 5.82 Å². The van der Waals surface area contributed by atoms with Crippen LogP contribution in [0.25, 0.3) is 49.3 Å². The van der Waals surface area contributed by atoms with Gasteiger partial charge in [-0.25, -0.2) is 4.39 Å². The summed E-state index contributed by atoms with van der Waals surface area (Å²) in [6, 6.07) is 48.5. The first-order chi connectivity index (χ1) is 22.0. The number of hydrogen-bond donors (Lipinski definition) is 1. The monoisotopic (exact) mass is 802 g/mol. The molecule has 2 aromatic heterocycles. The molecule has 0 radical (unpaired) electrons. The van der Waals surface area contributed by atoms with E-state index in [0.717, 1.165) is 8.95 Å². The molecule has 5 nitrogen and oxygen atoms in total. The number of aromatic amines is 1. The summed E-state index contributed by atoms with van der Waals surface area (Å²) in [6.07, 6.45) is 0. The van der Waals surface area contributed by atoms with Crippen LogP contribution in [0.1, 0.15) is 1.43 Å². The number of H-pyrrole nitrogens is 1. The molecule has 0 bridgehead atoms. The maximum absolute atomic E-state index is 12.1. The minimum absolute atomic E-state index is 0. The van der Waals surface area contributed by atoms with E-state index >= 15 is 0 Å². The third-order valence-electron chi connectivity index (χ3n) is 6.89. The molecule has 0 amide bonds. The second-order valence-electron chi connectivity index (χ2n) is 9.70. The largest absolute Gasteiger partial charge is 1.00 e. The summed E-state index contributed by atoms with van der Waals surface area (Å²) < 4.78 is 16.3. The molecule has 47 heavy (non-hydrogen) atoms. The summed E-state index contributed by atoms with van der Waals surface area (Å²) in [7, 11) is 0. The molecular weight excluding hydrogens is 777 g/mol. The van der Waals surface area contributed by atoms with E-state index in [-0.39, 0.29) is 116 Å². The van der Waals surface area contributed by atoms with Crippen LogP contribution < -0.4 is 108 Å². The van der Waals surface area contributed by atoms with Crippen molar-refractivity contribution in [1.82, 2.24) is 9.55 Å². The Balaban J connectivity index is 0.000000248. The van der Waals surface area contributed by atoms with Crippen molar-refractivity contribution in [3.8, 4) is 5.69 Å². The summed E-state index contributed by atoms with van der Waals surface area (Å²) in [4.78, 5) is 14.6. The predicted octanol–water partition coefficient (Wildman–Crippen LogP) is 4.01. The maximum atomic E-state index is 12.1. The van der Waals surface area contributed by atoms with Crippen LogP contribution >= 0.6 is 31.9 Å². The van der Waals surface area contributed by atoms with Gasteiger partial charge in [-0.05, 0) is 60.7 Å². The van der Waals surface area contributed by atoms with E-state index in [1.807, 2.05) is 0 Å². The predicted molar refractivity (Wildman–Crippen MR) is 187 cm³/mol. The fourth-order valence-electron chi connectivity index (χ4n) is 5.07. The van der Waals surface area contributed by atoms with E-state index in [0.29, 0.717) is 0 Å². The average Bonchev–Trinajstić information content (AvgIpc) is 3.61. The number of carbonyl (C=O) groups excluding carboxylic acids is 1. The second-order valence-corrected chi connectivity index (χ2v) is 11.5. The Bertz CT molecular complexity index is 2090. The number of para-hydroxylation sites is 4. The number of nitrogens with zero attached hydrogens (tertiary/aromatic N) is 1. The molecule has 0 fully saturated rings. The summed E-state index contributed by atoms with van der Waals surface area (Å²) in [5.74, 6) is -0.209. The number of rotatable bonds is 2. The number of nitrogens with one attached hydrogen (secondary N) is 1. The molecule has 0 atom stereocenters. The van der Waals surface area contributed by atoms with Crippen molar-refractivity contribution in [2.75, 3.05) is 0 Å². The number of aromatic nitrogens is 2. The minimum Gasteiger partial charge on any atom is -1.00 e. The van der Waals surface area contributed by atoms with Gasteiger partial charge >= 0.3 is 103 Å². The third-order valence-corrected chi connectivity index (χ3v) is 7.87. The van der Waals surface area contributed by atoms with Crippen molar-refractivity contribution < 1.29 is 124 Å². The van der Waals surface area contributed by atoms with Crippen LogP contribution in [-0.2, 0) is 9.68 Å². The van der Waals surface area contributed by atoms with Crippen LogP contribution in [0, 0.1) is 5.82 Å². The molecule has 8 aromatic rings. The van der Waals surface area contributed by atoms with Crippen molar-refractivity contribution in [2.45, 2.75) is 0 Å². The molecule has 8 rings (SSSR count). The SMILES string of the molecule is Brc1cccc(-n2c3ccccc3c3ccccc32)c1.Fc1cccc(Br)c1.O=CO[O-].[H-].[K+].[K+].c1ccc2c(c1)[nH]c1ccccc12. The van der Waals surface area contributed by atoms with Crippen molar-refractivity contribution in [2.24, 2.45) is 0 Å². The Hall–Kier alpha value is -1.49. The Morgan fingerprint density at radius 2 is 1.04 bits per heavy atom. The van der Waals surface area contributed by atoms with E-state index < -0.39 is 0 Å². The number of halogens is 3. The normalized spacial score (nSPS) is 9.87. The standard InChI is InChI=1S/C18H12BrN.C12H9N.C6H4BrF.CH2O3.2K.H/c19-13-6-5-7-14(12-13)20-17-10-3-1-8-15(17)16-9-2-4-11-18(16)20;1-3-7-11-9(5-1)10-6-2-4-8-12(10)13-11;7-5-2-1-3-6(8)4-5;2-1-4-3;;;/h1-12H;1-8,13H;1-4H;1,3H;;;/q;;;;2*+1;-1/p-1. The molecule has 0 spiro atoms. The van der Waals surface area contributed by atoms with Crippen LogP contribution in [0.5, 0.6) is 0 Å². The van der Waals surface area contributed by atoms with Crippen LogP contribution in [0.3, 0.4) is 0 Å². The summed E-state index contributed by atoms with van der Waals surface area (Å²) in [5, 5.41) is 13.6. The first-order valence-corrected chi connectivity index (χ1v) is 15.4. The van der Waals surface area contributed by atoms with Crippen molar-refractivity contribution >= 4 is 81.9 Å². The quantitative estimate of drug-likeness (QED) is 0.125. The maximum Gasteiger partial charge on any atom is 1.00 e. The van der Waals surface area contributed by atoms with E-state index in [1.165, 1.54) is 61.4 Å². The Kier molecular flexibility index (Phi) is 17.2. The van der Waals surface area contributed by atoms with E-state index in [4.69, 9.17) is 10.1 Å². The molecule has 0 saturated carbocycles. The second kappa shape index (κ2) is 20.3. The van der Waals surface area contributed by atoms with Gasteiger partial charge in [-0.15, -0.1) is 0 Å². The topological polar surface area (TPSA) is 70.1 Å². The zero-order valence-corrected chi connectivity index (χ0v) is 35.2. The molecule has 2 heterocycles. The van der Waals surface area contributed by atoms with Gasteiger partial charge in [-0.1, -0.05) is 117 Å². The van der Waals surface area contributed by atoms with E-state index in [2.05, 4.69) is 168 Å². The van der Waals surface area contributed by atoms with Gasteiger partial charge in [0.2, 0.25) is 0 Å². The van der Waals surface area contributed by atoms with Gasteiger partial charge in [0.25, 0.3) is 6.47 Å². The Morgan fingerprint density at radius 1 is 0.617 bits per heavy atom. The van der Waals surface area contributed by atoms with Crippen LogP contribution in [-0.4, -0.2) is 16.0 Å². The smallest absolute Gasteiger partial charge is 1.00 e.